The maximum atomic E-state index is 12.4. The Labute approximate surface area is 175 Å². The predicted molar refractivity (Wildman–Crippen MR) is 108 cm³/mol. The molecule has 3 aromatic heterocycles. The molecule has 0 aliphatic rings. The van der Waals surface area contributed by atoms with Gasteiger partial charge in [-0.05, 0) is 18.9 Å². The van der Waals surface area contributed by atoms with E-state index in [4.69, 9.17) is 11.6 Å². The molecule has 11 heteroatoms. The van der Waals surface area contributed by atoms with Crippen LogP contribution in [0.5, 0.6) is 0 Å². The molecule has 3 heterocycles. The largest absolute Gasteiger partial charge is 0.405 e. The molecule has 30 heavy (non-hydrogen) atoms. The van der Waals surface area contributed by atoms with E-state index in [0.717, 1.165) is 10.9 Å². The van der Waals surface area contributed by atoms with Gasteiger partial charge in [0.2, 0.25) is 5.91 Å². The molecule has 3 N–H and O–H groups in total. The summed E-state index contributed by atoms with van der Waals surface area (Å²) >= 11 is 6.04. The number of pyridine rings is 1. The first-order chi connectivity index (χ1) is 14.0. The number of carbonyl (C=O) groups is 1. The molecule has 1 atom stereocenters. The number of halogens is 4. The Morgan fingerprint density at radius 3 is 2.63 bits per heavy atom. The SMILES string of the molecule is CC(C)c1cnc(-c2c[nH]c3ncc(Cl)cc23)nc1N[C@@H](C)C(=O)NCC(F)(F)F. The molecular formula is C19H20ClF3N6O. The van der Waals surface area contributed by atoms with Crippen LogP contribution in [0.2, 0.25) is 5.02 Å². The van der Waals surface area contributed by atoms with Crippen molar-refractivity contribution in [1.29, 1.82) is 0 Å². The lowest BCUT2D eigenvalue weighted by Gasteiger charge is -2.19. The topological polar surface area (TPSA) is 95.6 Å². The van der Waals surface area contributed by atoms with Gasteiger partial charge in [-0.3, -0.25) is 4.79 Å². The average Bonchev–Trinajstić information content (AvgIpc) is 3.08. The summed E-state index contributed by atoms with van der Waals surface area (Å²) in [5.41, 5.74) is 2.00. The van der Waals surface area contributed by atoms with Gasteiger partial charge in [0.15, 0.2) is 5.82 Å². The van der Waals surface area contributed by atoms with Crippen LogP contribution >= 0.6 is 11.6 Å². The molecule has 0 saturated carbocycles. The Morgan fingerprint density at radius 2 is 1.97 bits per heavy atom. The molecule has 160 valence electrons. The number of aromatic nitrogens is 4. The summed E-state index contributed by atoms with van der Waals surface area (Å²) in [5.74, 6) is -0.0366. The molecular weight excluding hydrogens is 421 g/mol. The number of fused-ring (bicyclic) bond motifs is 1. The highest BCUT2D eigenvalue weighted by Crippen LogP contribution is 2.30. The van der Waals surface area contributed by atoms with Crippen molar-refractivity contribution in [2.24, 2.45) is 0 Å². The van der Waals surface area contributed by atoms with E-state index >= 15 is 0 Å². The fourth-order valence-corrected chi connectivity index (χ4v) is 2.99. The minimum Gasteiger partial charge on any atom is -0.358 e. The first-order valence-electron chi connectivity index (χ1n) is 9.16. The fraction of sp³-hybridized carbons (Fsp3) is 0.368. The second kappa shape index (κ2) is 8.47. The third-order valence-corrected chi connectivity index (χ3v) is 4.59. The molecule has 0 fully saturated rings. The third kappa shape index (κ3) is 4.99. The van der Waals surface area contributed by atoms with Crippen molar-refractivity contribution in [3.63, 3.8) is 0 Å². The number of H-pyrrole nitrogens is 1. The summed E-state index contributed by atoms with van der Waals surface area (Å²) in [4.78, 5) is 28.2. The summed E-state index contributed by atoms with van der Waals surface area (Å²) in [7, 11) is 0. The van der Waals surface area contributed by atoms with Gasteiger partial charge in [0.1, 0.15) is 24.1 Å². The highest BCUT2D eigenvalue weighted by Gasteiger charge is 2.29. The Kier molecular flexibility index (Phi) is 6.16. The van der Waals surface area contributed by atoms with Gasteiger partial charge in [0.25, 0.3) is 0 Å². The number of amides is 1. The van der Waals surface area contributed by atoms with E-state index in [0.29, 0.717) is 27.9 Å². The standard InChI is InChI=1S/C19H20ClF3N6O/c1-9(2)13-6-26-16(14-7-25-15-12(14)4-11(20)5-24-15)29-17(13)28-10(3)18(30)27-8-19(21,22)23/h4-7,9-10H,8H2,1-3H3,(H,24,25)(H,27,30)(H,26,28,29)/t10-/m0/s1. The van der Waals surface area contributed by atoms with Gasteiger partial charge in [-0.1, -0.05) is 25.4 Å². The maximum absolute atomic E-state index is 12.4. The van der Waals surface area contributed by atoms with Crippen molar-refractivity contribution in [2.75, 3.05) is 11.9 Å². The van der Waals surface area contributed by atoms with Crippen LogP contribution in [-0.2, 0) is 4.79 Å². The summed E-state index contributed by atoms with van der Waals surface area (Å²) in [5, 5.41) is 5.95. The lowest BCUT2D eigenvalue weighted by molar-refractivity contribution is -0.138. The predicted octanol–water partition coefficient (Wildman–Crippen LogP) is 4.28. The van der Waals surface area contributed by atoms with E-state index < -0.39 is 24.7 Å². The quantitative estimate of drug-likeness (QED) is 0.532. The van der Waals surface area contributed by atoms with Crippen molar-refractivity contribution in [3.05, 3.63) is 35.2 Å². The molecule has 0 aromatic carbocycles. The van der Waals surface area contributed by atoms with E-state index in [-0.39, 0.29) is 5.92 Å². The third-order valence-electron chi connectivity index (χ3n) is 4.39. The smallest absolute Gasteiger partial charge is 0.358 e. The number of nitrogens with zero attached hydrogens (tertiary/aromatic N) is 3. The molecule has 3 aromatic rings. The number of hydrogen-bond acceptors (Lipinski definition) is 5. The monoisotopic (exact) mass is 440 g/mol. The van der Waals surface area contributed by atoms with Crippen LogP contribution in [0.1, 0.15) is 32.3 Å². The van der Waals surface area contributed by atoms with Crippen molar-refractivity contribution >= 4 is 34.4 Å². The molecule has 0 bridgehead atoms. The number of nitrogens with one attached hydrogen (secondary N) is 3. The molecule has 0 unspecified atom stereocenters. The van der Waals surface area contributed by atoms with Gasteiger partial charge in [-0.15, -0.1) is 0 Å². The molecule has 0 spiro atoms. The van der Waals surface area contributed by atoms with Gasteiger partial charge >= 0.3 is 6.18 Å². The van der Waals surface area contributed by atoms with Crippen LogP contribution in [0.15, 0.2) is 24.7 Å². The molecule has 1 amide bonds. The van der Waals surface area contributed by atoms with Crippen molar-refractivity contribution in [1.82, 2.24) is 25.3 Å². The zero-order chi connectivity index (χ0) is 22.1. The maximum Gasteiger partial charge on any atom is 0.405 e. The highest BCUT2D eigenvalue weighted by atomic mass is 35.5. The van der Waals surface area contributed by atoms with Crippen LogP contribution in [0, 0.1) is 0 Å². The Hall–Kier alpha value is -2.88. The zero-order valence-corrected chi connectivity index (χ0v) is 17.2. The molecule has 7 nitrogen and oxygen atoms in total. The minimum absolute atomic E-state index is 0.0195. The summed E-state index contributed by atoms with van der Waals surface area (Å²) < 4.78 is 37.1. The number of carbonyl (C=O) groups excluding carboxylic acids is 1. The zero-order valence-electron chi connectivity index (χ0n) is 16.4. The van der Waals surface area contributed by atoms with E-state index in [2.05, 4.69) is 25.3 Å². The highest BCUT2D eigenvalue weighted by molar-refractivity contribution is 6.31. The number of aromatic amines is 1. The van der Waals surface area contributed by atoms with Crippen molar-refractivity contribution in [3.8, 4) is 11.4 Å². The summed E-state index contributed by atoms with van der Waals surface area (Å²) in [6.07, 6.45) is 0.362. The summed E-state index contributed by atoms with van der Waals surface area (Å²) in [6.45, 7) is 3.92. The molecule has 0 saturated heterocycles. The second-order valence-electron chi connectivity index (χ2n) is 7.10. The Morgan fingerprint density at radius 1 is 1.23 bits per heavy atom. The Balaban J connectivity index is 1.91. The first kappa shape index (κ1) is 21.8. The number of hydrogen-bond donors (Lipinski definition) is 3. The molecule has 3 rings (SSSR count). The minimum atomic E-state index is -4.48. The lowest BCUT2D eigenvalue weighted by atomic mass is 10.1. The van der Waals surface area contributed by atoms with Gasteiger partial charge in [0, 0.05) is 35.1 Å². The number of anilines is 1. The average molecular weight is 441 g/mol. The molecule has 0 aliphatic carbocycles. The van der Waals surface area contributed by atoms with Gasteiger partial charge in [-0.25, -0.2) is 15.0 Å². The van der Waals surface area contributed by atoms with Gasteiger partial charge in [-0.2, -0.15) is 13.2 Å². The van der Waals surface area contributed by atoms with E-state index in [1.54, 1.807) is 18.5 Å². The van der Waals surface area contributed by atoms with E-state index in [1.165, 1.54) is 13.1 Å². The lowest BCUT2D eigenvalue weighted by Crippen LogP contribution is -2.42. The van der Waals surface area contributed by atoms with Gasteiger partial charge in [0.05, 0.1) is 5.02 Å². The van der Waals surface area contributed by atoms with Gasteiger partial charge < -0.3 is 15.6 Å². The summed E-state index contributed by atoms with van der Waals surface area (Å²) in [6, 6.07) is 0.794. The van der Waals surface area contributed by atoms with E-state index in [1.807, 2.05) is 19.2 Å². The van der Waals surface area contributed by atoms with Crippen molar-refractivity contribution in [2.45, 2.75) is 38.9 Å². The first-order valence-corrected chi connectivity index (χ1v) is 9.54. The molecule has 0 radical (unpaired) electrons. The molecule has 0 aliphatic heterocycles. The number of alkyl halides is 3. The van der Waals surface area contributed by atoms with Crippen LogP contribution in [0.4, 0.5) is 19.0 Å². The fourth-order valence-electron chi connectivity index (χ4n) is 2.83. The van der Waals surface area contributed by atoms with E-state index in [9.17, 15) is 18.0 Å². The van der Waals surface area contributed by atoms with Crippen LogP contribution in [0.3, 0.4) is 0 Å². The van der Waals surface area contributed by atoms with Crippen LogP contribution in [-0.4, -0.2) is 44.6 Å². The normalized spacial score (nSPS) is 12.9. The Bertz CT molecular complexity index is 1070. The number of rotatable bonds is 6. The van der Waals surface area contributed by atoms with Crippen molar-refractivity contribution < 1.29 is 18.0 Å². The van der Waals surface area contributed by atoms with Crippen LogP contribution in [0.25, 0.3) is 22.4 Å². The van der Waals surface area contributed by atoms with Crippen LogP contribution < -0.4 is 10.6 Å². The second-order valence-corrected chi connectivity index (χ2v) is 7.54.